The molecule has 3 aliphatic rings. The van der Waals surface area contributed by atoms with Crippen LogP contribution in [0.15, 0.2) is 35.4 Å². The maximum absolute atomic E-state index is 13.3. The summed E-state index contributed by atoms with van der Waals surface area (Å²) in [5.41, 5.74) is 0.294. The first-order chi connectivity index (χ1) is 13.0. The van der Waals surface area contributed by atoms with Crippen LogP contribution in [0.4, 0.5) is 0 Å². The number of H-pyrrole nitrogens is 1. The van der Waals surface area contributed by atoms with Crippen LogP contribution in [0, 0.1) is 11.8 Å². The summed E-state index contributed by atoms with van der Waals surface area (Å²) >= 11 is 6.17. The molecule has 8 nitrogen and oxygen atoms in total. The largest absolute Gasteiger partial charge is 0.336 e. The number of hydrogen-bond donors (Lipinski definition) is 1. The quantitative estimate of drug-likeness (QED) is 0.828. The fourth-order valence-corrected chi connectivity index (χ4v) is 7.53. The minimum atomic E-state index is -3.66. The molecule has 142 valence electrons. The first kappa shape index (κ1) is 17.2. The van der Waals surface area contributed by atoms with Crippen LogP contribution in [-0.2, 0) is 10.0 Å². The Kier molecular flexibility index (Phi) is 3.82. The summed E-state index contributed by atoms with van der Waals surface area (Å²) < 4.78 is 28.2. The third-order valence-corrected chi connectivity index (χ3v) is 8.58. The highest BCUT2D eigenvalue weighted by Gasteiger charge is 2.60. The Hall–Kier alpha value is -1.97. The highest BCUT2D eigenvalue weighted by atomic mass is 35.5. The van der Waals surface area contributed by atoms with Gasteiger partial charge < -0.3 is 4.90 Å². The van der Waals surface area contributed by atoms with Crippen molar-refractivity contribution in [2.45, 2.75) is 29.8 Å². The second-order valence-electron chi connectivity index (χ2n) is 7.37. The number of aromatic amines is 1. The zero-order valence-corrected chi connectivity index (χ0v) is 15.9. The molecule has 0 spiro atoms. The average molecular weight is 408 g/mol. The van der Waals surface area contributed by atoms with Gasteiger partial charge in [0.05, 0.1) is 11.2 Å². The molecule has 27 heavy (non-hydrogen) atoms. The molecule has 3 aliphatic heterocycles. The molecule has 5 rings (SSSR count). The fraction of sp³-hybridized carbons (Fsp3) is 0.471. The van der Waals surface area contributed by atoms with Gasteiger partial charge in [0.1, 0.15) is 4.90 Å². The van der Waals surface area contributed by atoms with Gasteiger partial charge in [-0.2, -0.15) is 19.7 Å². The van der Waals surface area contributed by atoms with E-state index in [0.29, 0.717) is 18.8 Å². The van der Waals surface area contributed by atoms with Crippen LogP contribution in [0.3, 0.4) is 0 Å². The number of likely N-dealkylation sites (tertiary alicyclic amines) is 1. The Labute approximate surface area is 161 Å². The molecular formula is C17H18ClN5O3S. The number of nitrogens with one attached hydrogen (secondary N) is 1. The monoisotopic (exact) mass is 407 g/mol. The summed E-state index contributed by atoms with van der Waals surface area (Å²) in [5.74, 6) is 0.145. The van der Waals surface area contributed by atoms with E-state index in [1.807, 2.05) is 0 Å². The van der Waals surface area contributed by atoms with Crippen LogP contribution in [0.1, 0.15) is 23.3 Å². The molecule has 0 unspecified atom stereocenters. The van der Waals surface area contributed by atoms with Crippen molar-refractivity contribution in [2.24, 2.45) is 11.8 Å². The molecule has 2 aromatic rings. The normalized spacial score (nSPS) is 30.0. The molecular weight excluding hydrogens is 390 g/mol. The van der Waals surface area contributed by atoms with Crippen molar-refractivity contribution >= 4 is 27.5 Å². The highest BCUT2D eigenvalue weighted by Crippen LogP contribution is 2.52. The van der Waals surface area contributed by atoms with Gasteiger partial charge in [-0.1, -0.05) is 23.7 Å². The van der Waals surface area contributed by atoms with E-state index in [9.17, 15) is 13.2 Å². The van der Waals surface area contributed by atoms with Crippen LogP contribution in [0.2, 0.25) is 5.02 Å². The maximum atomic E-state index is 13.3. The molecule has 3 saturated heterocycles. The van der Waals surface area contributed by atoms with Gasteiger partial charge in [0.2, 0.25) is 10.0 Å². The molecule has 3 fully saturated rings. The Balaban J connectivity index is 1.42. The minimum Gasteiger partial charge on any atom is -0.336 e. The van der Waals surface area contributed by atoms with E-state index in [-0.39, 0.29) is 39.7 Å². The van der Waals surface area contributed by atoms with Gasteiger partial charge in [-0.05, 0) is 36.8 Å². The zero-order valence-electron chi connectivity index (χ0n) is 14.3. The second-order valence-corrected chi connectivity index (χ2v) is 9.59. The number of carbonyl (C=O) groups is 1. The van der Waals surface area contributed by atoms with Gasteiger partial charge in [-0.3, -0.25) is 4.79 Å². The summed E-state index contributed by atoms with van der Waals surface area (Å²) in [4.78, 5) is 14.5. The lowest BCUT2D eigenvalue weighted by Crippen LogP contribution is -2.41. The molecule has 1 aromatic carbocycles. The van der Waals surface area contributed by atoms with Crippen LogP contribution in [-0.4, -0.2) is 64.1 Å². The Bertz CT molecular complexity index is 976. The van der Waals surface area contributed by atoms with Gasteiger partial charge in [0.25, 0.3) is 5.91 Å². The van der Waals surface area contributed by atoms with Crippen LogP contribution < -0.4 is 0 Å². The molecule has 2 bridgehead atoms. The fourth-order valence-electron chi connectivity index (χ4n) is 5.07. The number of benzene rings is 1. The third-order valence-electron chi connectivity index (χ3n) is 6.13. The predicted molar refractivity (Wildman–Crippen MR) is 96.6 cm³/mol. The van der Waals surface area contributed by atoms with E-state index in [0.717, 1.165) is 12.8 Å². The molecule has 1 N–H and O–H groups in total. The first-order valence-corrected chi connectivity index (χ1v) is 10.7. The molecule has 0 radical (unpaired) electrons. The second kappa shape index (κ2) is 6.02. The number of aromatic nitrogens is 3. The minimum absolute atomic E-state index is 0.0867. The number of nitrogens with zero attached hydrogens (tertiary/aromatic N) is 4. The van der Waals surface area contributed by atoms with E-state index in [1.54, 1.807) is 33.5 Å². The Morgan fingerprint density at radius 1 is 1.15 bits per heavy atom. The zero-order chi connectivity index (χ0) is 18.8. The van der Waals surface area contributed by atoms with E-state index >= 15 is 0 Å². The Morgan fingerprint density at radius 3 is 2.41 bits per heavy atom. The maximum Gasteiger partial charge on any atom is 0.276 e. The van der Waals surface area contributed by atoms with Crippen molar-refractivity contribution in [3.8, 4) is 0 Å². The van der Waals surface area contributed by atoms with Crippen molar-refractivity contribution in [3.05, 3.63) is 41.2 Å². The van der Waals surface area contributed by atoms with Gasteiger partial charge in [-0.25, -0.2) is 8.42 Å². The Morgan fingerprint density at radius 2 is 1.81 bits per heavy atom. The van der Waals surface area contributed by atoms with Gasteiger partial charge in [0.15, 0.2) is 5.69 Å². The summed E-state index contributed by atoms with van der Waals surface area (Å²) in [7, 11) is -3.66. The van der Waals surface area contributed by atoms with E-state index in [1.165, 1.54) is 6.20 Å². The predicted octanol–water partition coefficient (Wildman–Crippen LogP) is 1.38. The van der Waals surface area contributed by atoms with Crippen LogP contribution >= 0.6 is 11.6 Å². The van der Waals surface area contributed by atoms with Gasteiger partial charge in [-0.15, -0.1) is 0 Å². The molecule has 1 aromatic heterocycles. The van der Waals surface area contributed by atoms with E-state index < -0.39 is 10.0 Å². The number of amides is 1. The number of sulfonamides is 1. The van der Waals surface area contributed by atoms with Crippen LogP contribution in [0.5, 0.6) is 0 Å². The molecule has 4 atom stereocenters. The third kappa shape index (κ3) is 2.45. The molecule has 4 heterocycles. The van der Waals surface area contributed by atoms with Crippen LogP contribution in [0.25, 0.3) is 0 Å². The summed E-state index contributed by atoms with van der Waals surface area (Å²) in [6, 6.07) is 6.41. The number of rotatable bonds is 3. The summed E-state index contributed by atoms with van der Waals surface area (Å²) in [5, 5.41) is 10.3. The summed E-state index contributed by atoms with van der Waals surface area (Å²) in [6.45, 7) is 1.10. The van der Waals surface area contributed by atoms with Crippen molar-refractivity contribution < 1.29 is 13.2 Å². The van der Waals surface area contributed by atoms with Gasteiger partial charge >= 0.3 is 0 Å². The number of fused-ring (bicyclic) bond motifs is 5. The lowest BCUT2D eigenvalue weighted by molar-refractivity contribution is 0.0767. The number of halogens is 1. The highest BCUT2D eigenvalue weighted by molar-refractivity contribution is 7.89. The molecule has 0 saturated carbocycles. The van der Waals surface area contributed by atoms with E-state index in [4.69, 9.17) is 11.6 Å². The molecule has 1 amide bonds. The van der Waals surface area contributed by atoms with Crippen molar-refractivity contribution in [1.82, 2.24) is 24.6 Å². The van der Waals surface area contributed by atoms with Crippen molar-refractivity contribution in [1.29, 1.82) is 0 Å². The standard InChI is InChI=1S/C17H18ClN5O3S/c18-12-3-1-2-4-16(12)27(25,26)23-14-5-6-15(23)11-9-22(8-10(11)14)17(24)13-7-19-21-20-13/h1-4,7,10-11,14-15H,5-6,8-9H2,(H,19,20,21)/t10-,11+,14-,15+. The van der Waals surface area contributed by atoms with E-state index in [2.05, 4.69) is 15.4 Å². The summed E-state index contributed by atoms with van der Waals surface area (Å²) in [6.07, 6.45) is 3.06. The SMILES string of the molecule is O=C(c1cn[nH]n1)N1C[C@@H]2[C@H](C1)[C@@H]1CC[C@H]2N1S(=O)(=O)c1ccccc1Cl. The smallest absolute Gasteiger partial charge is 0.276 e. The number of hydrogen-bond acceptors (Lipinski definition) is 5. The topological polar surface area (TPSA) is 99.3 Å². The van der Waals surface area contributed by atoms with Crippen molar-refractivity contribution in [2.75, 3.05) is 13.1 Å². The van der Waals surface area contributed by atoms with Gasteiger partial charge in [0, 0.05) is 25.2 Å². The average Bonchev–Trinajstić information content (AvgIpc) is 3.42. The molecule has 0 aliphatic carbocycles. The molecule has 10 heteroatoms. The first-order valence-electron chi connectivity index (χ1n) is 8.91. The lowest BCUT2D eigenvalue weighted by atomic mass is 9.82. The van der Waals surface area contributed by atoms with Crippen molar-refractivity contribution in [3.63, 3.8) is 0 Å². The lowest BCUT2D eigenvalue weighted by Gasteiger charge is -2.26. The number of carbonyl (C=O) groups excluding carboxylic acids is 1.